The highest BCUT2D eigenvalue weighted by molar-refractivity contribution is 4.83. The summed E-state index contributed by atoms with van der Waals surface area (Å²) >= 11 is 0. The number of ether oxygens (including phenoxy) is 1. The number of hydrogen-bond acceptors (Lipinski definition) is 4. The summed E-state index contributed by atoms with van der Waals surface area (Å²) in [5.74, 6) is 0. The van der Waals surface area contributed by atoms with Crippen molar-refractivity contribution in [3.05, 3.63) is 0 Å². The van der Waals surface area contributed by atoms with E-state index in [0.717, 1.165) is 39.3 Å². The van der Waals surface area contributed by atoms with Gasteiger partial charge in [-0.25, -0.2) is 0 Å². The second-order valence-corrected chi connectivity index (χ2v) is 4.30. The summed E-state index contributed by atoms with van der Waals surface area (Å²) < 4.78 is 5.13. The Kier molecular flexibility index (Phi) is 6.39. The third-order valence-electron chi connectivity index (χ3n) is 3.28. The van der Waals surface area contributed by atoms with Crippen LogP contribution < -0.4 is 0 Å². The fourth-order valence-electron chi connectivity index (χ4n) is 2.26. The third-order valence-corrected chi connectivity index (χ3v) is 3.28. The van der Waals surface area contributed by atoms with Gasteiger partial charge in [-0.05, 0) is 6.42 Å². The van der Waals surface area contributed by atoms with Gasteiger partial charge in [0.15, 0.2) is 0 Å². The number of nitrogens with zero attached hydrogens (tertiary/aromatic N) is 3. The predicted octanol–water partition coefficient (Wildman–Crippen LogP) is 0.943. The molecule has 1 heterocycles. The molecule has 1 aliphatic rings. The Bertz CT molecular complexity index is 227. The maximum Gasteiger partial charge on any atom is 0.0635 e. The lowest BCUT2D eigenvalue weighted by atomic mass is 10.1. The zero-order chi connectivity index (χ0) is 11.8. The highest BCUT2D eigenvalue weighted by atomic mass is 16.5. The van der Waals surface area contributed by atoms with Crippen LogP contribution in [-0.2, 0) is 4.74 Å². The quantitative estimate of drug-likeness (QED) is 0.674. The van der Waals surface area contributed by atoms with Crippen molar-refractivity contribution in [1.29, 1.82) is 5.26 Å². The molecule has 1 rings (SSSR count). The summed E-state index contributed by atoms with van der Waals surface area (Å²) in [6, 6.07) is 2.85. The van der Waals surface area contributed by atoms with Crippen LogP contribution in [-0.4, -0.2) is 62.3 Å². The van der Waals surface area contributed by atoms with Crippen molar-refractivity contribution in [3.63, 3.8) is 0 Å². The zero-order valence-electron chi connectivity index (χ0n) is 10.5. The van der Waals surface area contributed by atoms with Gasteiger partial charge in [0.05, 0.1) is 12.7 Å². The SMILES string of the molecule is CC[C@@H]1CN(CCC#N)CCN1CCOC. The Labute approximate surface area is 98.8 Å². The van der Waals surface area contributed by atoms with E-state index in [1.165, 1.54) is 6.42 Å². The fourth-order valence-corrected chi connectivity index (χ4v) is 2.26. The van der Waals surface area contributed by atoms with E-state index in [1.54, 1.807) is 7.11 Å². The molecular formula is C12H23N3O. The number of methoxy groups -OCH3 is 1. The fraction of sp³-hybridized carbons (Fsp3) is 0.917. The molecule has 92 valence electrons. The van der Waals surface area contributed by atoms with Gasteiger partial charge in [0.1, 0.15) is 0 Å². The van der Waals surface area contributed by atoms with Crippen molar-refractivity contribution in [2.24, 2.45) is 0 Å². The Morgan fingerprint density at radius 3 is 2.81 bits per heavy atom. The normalized spacial score (nSPS) is 23.2. The van der Waals surface area contributed by atoms with Crippen LogP contribution in [0.5, 0.6) is 0 Å². The predicted molar refractivity (Wildman–Crippen MR) is 64.2 cm³/mol. The molecule has 0 amide bonds. The van der Waals surface area contributed by atoms with Crippen molar-refractivity contribution in [1.82, 2.24) is 9.80 Å². The maximum absolute atomic E-state index is 8.58. The van der Waals surface area contributed by atoms with E-state index < -0.39 is 0 Å². The van der Waals surface area contributed by atoms with Crippen molar-refractivity contribution >= 4 is 0 Å². The Morgan fingerprint density at radius 2 is 2.19 bits per heavy atom. The third kappa shape index (κ3) is 4.09. The van der Waals surface area contributed by atoms with Gasteiger partial charge in [0, 0.05) is 52.3 Å². The molecule has 1 aliphatic heterocycles. The number of piperazine rings is 1. The van der Waals surface area contributed by atoms with E-state index in [-0.39, 0.29) is 0 Å². The minimum atomic E-state index is 0.627. The minimum absolute atomic E-state index is 0.627. The van der Waals surface area contributed by atoms with E-state index in [0.29, 0.717) is 12.5 Å². The monoisotopic (exact) mass is 225 g/mol. The molecule has 4 heteroatoms. The minimum Gasteiger partial charge on any atom is -0.383 e. The largest absolute Gasteiger partial charge is 0.383 e. The smallest absolute Gasteiger partial charge is 0.0635 e. The van der Waals surface area contributed by atoms with Gasteiger partial charge in [-0.2, -0.15) is 5.26 Å². The highest BCUT2D eigenvalue weighted by Crippen LogP contribution is 2.12. The zero-order valence-corrected chi connectivity index (χ0v) is 10.5. The van der Waals surface area contributed by atoms with Crippen LogP contribution in [0.4, 0.5) is 0 Å². The highest BCUT2D eigenvalue weighted by Gasteiger charge is 2.24. The number of nitriles is 1. The van der Waals surface area contributed by atoms with E-state index in [2.05, 4.69) is 22.8 Å². The van der Waals surface area contributed by atoms with Gasteiger partial charge in [-0.3, -0.25) is 9.80 Å². The van der Waals surface area contributed by atoms with Crippen LogP contribution in [0.25, 0.3) is 0 Å². The molecule has 0 unspecified atom stereocenters. The first kappa shape index (κ1) is 13.4. The number of rotatable bonds is 6. The molecule has 0 saturated carbocycles. The van der Waals surface area contributed by atoms with Crippen LogP contribution >= 0.6 is 0 Å². The molecule has 0 aliphatic carbocycles. The topological polar surface area (TPSA) is 39.5 Å². The van der Waals surface area contributed by atoms with Crippen LogP contribution in [0.1, 0.15) is 19.8 Å². The average Bonchev–Trinajstić information content (AvgIpc) is 2.34. The van der Waals surface area contributed by atoms with Crippen LogP contribution in [0, 0.1) is 11.3 Å². The molecule has 0 spiro atoms. The first-order chi connectivity index (χ1) is 7.81. The second kappa shape index (κ2) is 7.61. The van der Waals surface area contributed by atoms with Crippen LogP contribution in [0.2, 0.25) is 0 Å². The van der Waals surface area contributed by atoms with Crippen LogP contribution in [0.15, 0.2) is 0 Å². The lowest BCUT2D eigenvalue weighted by Crippen LogP contribution is -2.53. The Hall–Kier alpha value is -0.630. The second-order valence-electron chi connectivity index (χ2n) is 4.30. The summed E-state index contributed by atoms with van der Waals surface area (Å²) in [6.45, 7) is 8.29. The van der Waals surface area contributed by atoms with E-state index in [9.17, 15) is 0 Å². The Balaban J connectivity index is 2.35. The van der Waals surface area contributed by atoms with Gasteiger partial charge in [-0.1, -0.05) is 6.92 Å². The molecule has 1 atom stereocenters. The molecule has 16 heavy (non-hydrogen) atoms. The summed E-state index contributed by atoms with van der Waals surface area (Å²) in [4.78, 5) is 4.91. The summed E-state index contributed by atoms with van der Waals surface area (Å²) in [5.41, 5.74) is 0. The van der Waals surface area contributed by atoms with Crippen molar-refractivity contribution in [2.45, 2.75) is 25.8 Å². The standard InChI is InChI=1S/C12H23N3O/c1-3-12-11-14(6-4-5-13)7-8-15(12)9-10-16-2/h12H,3-4,6-11H2,1-2H3/t12-/m1/s1. The molecule has 4 nitrogen and oxygen atoms in total. The van der Waals surface area contributed by atoms with Crippen LogP contribution in [0.3, 0.4) is 0 Å². The van der Waals surface area contributed by atoms with Gasteiger partial charge in [0.2, 0.25) is 0 Å². The summed E-state index contributed by atoms with van der Waals surface area (Å²) in [6.07, 6.45) is 1.82. The Morgan fingerprint density at radius 1 is 1.38 bits per heavy atom. The van der Waals surface area contributed by atoms with Crippen molar-refractivity contribution in [2.75, 3.05) is 46.4 Å². The first-order valence-corrected chi connectivity index (χ1v) is 6.14. The molecule has 0 aromatic rings. The van der Waals surface area contributed by atoms with E-state index in [1.807, 2.05) is 0 Å². The van der Waals surface area contributed by atoms with Crippen molar-refractivity contribution < 1.29 is 4.74 Å². The lowest BCUT2D eigenvalue weighted by Gasteiger charge is -2.40. The summed E-state index contributed by atoms with van der Waals surface area (Å²) in [7, 11) is 1.75. The molecule has 1 saturated heterocycles. The van der Waals surface area contributed by atoms with Gasteiger partial charge in [-0.15, -0.1) is 0 Å². The van der Waals surface area contributed by atoms with Gasteiger partial charge < -0.3 is 4.74 Å². The lowest BCUT2D eigenvalue weighted by molar-refractivity contribution is 0.0507. The molecule has 0 aromatic carbocycles. The molecule has 0 radical (unpaired) electrons. The van der Waals surface area contributed by atoms with E-state index in [4.69, 9.17) is 10.00 Å². The maximum atomic E-state index is 8.58. The van der Waals surface area contributed by atoms with Gasteiger partial charge in [0.25, 0.3) is 0 Å². The molecule has 0 N–H and O–H groups in total. The number of hydrogen-bond donors (Lipinski definition) is 0. The molecule has 0 bridgehead atoms. The molecular weight excluding hydrogens is 202 g/mol. The molecule has 1 fully saturated rings. The van der Waals surface area contributed by atoms with Crippen molar-refractivity contribution in [3.8, 4) is 6.07 Å². The molecule has 0 aromatic heterocycles. The van der Waals surface area contributed by atoms with E-state index >= 15 is 0 Å². The van der Waals surface area contributed by atoms with Gasteiger partial charge >= 0.3 is 0 Å². The summed E-state index contributed by atoms with van der Waals surface area (Å²) in [5, 5.41) is 8.58. The average molecular weight is 225 g/mol. The first-order valence-electron chi connectivity index (χ1n) is 6.14.